The minimum Gasteiger partial charge on any atom is -0.439 e. The molecule has 1 N–H and O–H groups in total. The predicted octanol–water partition coefficient (Wildman–Crippen LogP) is 3.79. The molecule has 4 aromatic rings. The molecule has 0 aliphatic heterocycles. The summed E-state index contributed by atoms with van der Waals surface area (Å²) in [4.78, 5) is 8.46. The van der Waals surface area contributed by atoms with E-state index in [-0.39, 0.29) is 10.7 Å². The summed E-state index contributed by atoms with van der Waals surface area (Å²) in [6.07, 6.45) is 1.41. The van der Waals surface area contributed by atoms with Crippen LogP contribution >= 0.6 is 0 Å². The van der Waals surface area contributed by atoms with Gasteiger partial charge in [-0.1, -0.05) is 5.16 Å². The van der Waals surface area contributed by atoms with Gasteiger partial charge in [0.1, 0.15) is 17.8 Å². The summed E-state index contributed by atoms with van der Waals surface area (Å²) in [5.41, 5.74) is 3.69. The zero-order valence-electron chi connectivity index (χ0n) is 18.2. The van der Waals surface area contributed by atoms with Crippen molar-refractivity contribution in [2.75, 3.05) is 4.72 Å². The van der Waals surface area contributed by atoms with Gasteiger partial charge < -0.3 is 9.26 Å². The molecule has 0 amide bonds. The zero-order chi connectivity index (χ0) is 23.0. The van der Waals surface area contributed by atoms with Gasteiger partial charge in [-0.3, -0.25) is 4.72 Å². The van der Waals surface area contributed by atoms with Crippen molar-refractivity contribution in [1.29, 1.82) is 0 Å². The fourth-order valence-electron chi connectivity index (χ4n) is 3.22. The van der Waals surface area contributed by atoms with Crippen molar-refractivity contribution < 1.29 is 17.7 Å². The first kappa shape index (κ1) is 21.5. The van der Waals surface area contributed by atoms with Gasteiger partial charge in [-0.25, -0.2) is 23.1 Å². The molecule has 1 aromatic carbocycles. The van der Waals surface area contributed by atoms with Gasteiger partial charge in [0.15, 0.2) is 16.5 Å². The number of nitrogens with one attached hydrogen (secondary N) is 1. The van der Waals surface area contributed by atoms with Gasteiger partial charge >= 0.3 is 0 Å². The lowest BCUT2D eigenvalue weighted by atomic mass is 10.2. The molecule has 0 saturated heterocycles. The second-order valence-corrected chi connectivity index (χ2v) is 8.93. The maximum atomic E-state index is 12.6. The molecule has 3 aromatic heterocycles. The van der Waals surface area contributed by atoms with Crippen LogP contribution in [0.1, 0.15) is 28.4 Å². The molecular formula is C21H22N6O4S. The summed E-state index contributed by atoms with van der Waals surface area (Å²) in [5.74, 6) is 1.64. The van der Waals surface area contributed by atoms with Gasteiger partial charge in [0.25, 0.3) is 10.0 Å². The molecule has 10 nitrogen and oxygen atoms in total. The predicted molar refractivity (Wildman–Crippen MR) is 117 cm³/mol. The number of aromatic nitrogens is 5. The molecule has 11 heteroatoms. The van der Waals surface area contributed by atoms with Gasteiger partial charge in [-0.15, -0.1) is 0 Å². The van der Waals surface area contributed by atoms with E-state index in [1.54, 1.807) is 48.9 Å². The molecular weight excluding hydrogens is 432 g/mol. The molecule has 0 aliphatic carbocycles. The number of nitrogens with zero attached hydrogens (tertiary/aromatic N) is 5. The molecule has 3 heterocycles. The molecule has 0 fully saturated rings. The van der Waals surface area contributed by atoms with Crippen LogP contribution in [0.3, 0.4) is 0 Å². The Bertz CT molecular complexity index is 1370. The molecule has 4 rings (SSSR count). The highest BCUT2D eigenvalue weighted by Gasteiger charge is 2.24. The van der Waals surface area contributed by atoms with Gasteiger partial charge in [0.2, 0.25) is 5.88 Å². The summed E-state index contributed by atoms with van der Waals surface area (Å²) < 4.78 is 40.3. The Labute approximate surface area is 185 Å². The number of hydrogen-bond donors (Lipinski definition) is 1. The topological polar surface area (TPSA) is 125 Å². The maximum Gasteiger partial charge on any atom is 0.267 e. The first-order chi connectivity index (χ1) is 15.2. The molecule has 0 spiro atoms. The van der Waals surface area contributed by atoms with Gasteiger partial charge in [0.05, 0.1) is 5.69 Å². The molecule has 0 aliphatic rings. The van der Waals surface area contributed by atoms with Gasteiger partial charge in [-0.2, -0.15) is 5.10 Å². The Morgan fingerprint density at radius 2 is 1.72 bits per heavy atom. The van der Waals surface area contributed by atoms with E-state index in [1.165, 1.54) is 6.33 Å². The van der Waals surface area contributed by atoms with Crippen LogP contribution in [0.15, 0.2) is 46.1 Å². The van der Waals surface area contributed by atoms with Gasteiger partial charge in [-0.05, 0) is 64.4 Å². The Hall–Kier alpha value is -3.73. The summed E-state index contributed by atoms with van der Waals surface area (Å²) in [7, 11) is -3.82. The summed E-state index contributed by atoms with van der Waals surface area (Å²) in [5, 5.41) is 8.19. The highest BCUT2D eigenvalue weighted by atomic mass is 32.2. The third-order valence-corrected chi connectivity index (χ3v) is 6.69. The van der Waals surface area contributed by atoms with Crippen LogP contribution in [-0.2, 0) is 10.0 Å². The van der Waals surface area contributed by atoms with Crippen LogP contribution in [0.2, 0.25) is 0 Å². The normalized spacial score (nSPS) is 11.5. The molecule has 0 atom stereocenters. The number of anilines is 1. The van der Waals surface area contributed by atoms with Crippen LogP contribution in [0.5, 0.6) is 11.6 Å². The molecule has 0 radical (unpaired) electrons. The maximum absolute atomic E-state index is 12.6. The Kier molecular flexibility index (Phi) is 5.43. The van der Waals surface area contributed by atoms with Crippen molar-refractivity contribution in [3.05, 3.63) is 65.1 Å². The lowest BCUT2D eigenvalue weighted by Crippen LogP contribution is -2.14. The van der Waals surface area contributed by atoms with E-state index >= 15 is 0 Å². The number of ether oxygens (including phenoxy) is 1. The van der Waals surface area contributed by atoms with Crippen LogP contribution in [-0.4, -0.2) is 33.3 Å². The zero-order valence-corrected chi connectivity index (χ0v) is 19.1. The second-order valence-electron chi connectivity index (χ2n) is 7.31. The monoisotopic (exact) mass is 454 g/mol. The standard InChI is InChI=1S/C21H22N6O4S/c1-12-13(2)24-27(15(12)4)19-10-20(23-11-22-19)30-18-8-6-17(7-9-18)26-32(28,29)21-14(3)25-31-16(21)5/h6-11,26H,1-5H3. The van der Waals surface area contributed by atoms with Crippen LogP contribution in [0, 0.1) is 34.6 Å². The minimum absolute atomic E-state index is 0.0331. The van der Waals surface area contributed by atoms with E-state index in [9.17, 15) is 8.42 Å². The lowest BCUT2D eigenvalue weighted by Gasteiger charge is -2.10. The summed E-state index contributed by atoms with van der Waals surface area (Å²) >= 11 is 0. The summed E-state index contributed by atoms with van der Waals surface area (Å²) in [6.45, 7) is 9.05. The molecule has 0 saturated carbocycles. The number of rotatable bonds is 6. The fraction of sp³-hybridized carbons (Fsp3) is 0.238. The molecule has 32 heavy (non-hydrogen) atoms. The molecule has 166 valence electrons. The third-order valence-electron chi connectivity index (χ3n) is 5.06. The van der Waals surface area contributed by atoms with Crippen molar-refractivity contribution in [3.63, 3.8) is 0 Å². The van der Waals surface area contributed by atoms with E-state index < -0.39 is 10.0 Å². The third kappa shape index (κ3) is 4.06. The van der Waals surface area contributed by atoms with Crippen LogP contribution in [0.4, 0.5) is 5.69 Å². The number of hydrogen-bond acceptors (Lipinski definition) is 8. The second kappa shape index (κ2) is 8.08. The van der Waals surface area contributed by atoms with E-state index in [2.05, 4.69) is 24.9 Å². The quantitative estimate of drug-likeness (QED) is 0.466. The van der Waals surface area contributed by atoms with Crippen LogP contribution < -0.4 is 9.46 Å². The smallest absolute Gasteiger partial charge is 0.267 e. The number of sulfonamides is 1. The first-order valence-corrected chi connectivity index (χ1v) is 11.2. The SMILES string of the molecule is Cc1nn(-c2cc(Oc3ccc(NS(=O)(=O)c4c(C)noc4C)cc3)ncn2)c(C)c1C. The fourth-order valence-corrected chi connectivity index (χ4v) is 4.61. The summed E-state index contributed by atoms with van der Waals surface area (Å²) in [6, 6.07) is 8.16. The van der Waals surface area contributed by atoms with Crippen molar-refractivity contribution in [2.45, 2.75) is 39.5 Å². The average molecular weight is 455 g/mol. The van der Waals surface area contributed by atoms with Crippen molar-refractivity contribution in [3.8, 4) is 17.4 Å². The minimum atomic E-state index is -3.82. The van der Waals surface area contributed by atoms with E-state index in [0.717, 1.165) is 17.0 Å². The van der Waals surface area contributed by atoms with Crippen molar-refractivity contribution in [2.24, 2.45) is 0 Å². The Morgan fingerprint density at radius 1 is 1.00 bits per heavy atom. The highest BCUT2D eigenvalue weighted by Crippen LogP contribution is 2.26. The highest BCUT2D eigenvalue weighted by molar-refractivity contribution is 7.92. The van der Waals surface area contributed by atoms with Gasteiger partial charge in [0, 0.05) is 17.4 Å². The molecule has 0 bridgehead atoms. The average Bonchev–Trinajstić information content (AvgIpc) is 3.23. The van der Waals surface area contributed by atoms with E-state index in [4.69, 9.17) is 9.26 Å². The lowest BCUT2D eigenvalue weighted by molar-refractivity contribution is 0.390. The Morgan fingerprint density at radius 3 is 2.31 bits per heavy atom. The Balaban J connectivity index is 1.52. The van der Waals surface area contributed by atoms with Crippen LogP contribution in [0.25, 0.3) is 5.82 Å². The first-order valence-electron chi connectivity index (χ1n) is 9.74. The van der Waals surface area contributed by atoms with Crippen molar-refractivity contribution in [1.82, 2.24) is 24.9 Å². The molecule has 0 unspecified atom stereocenters. The van der Waals surface area contributed by atoms with E-state index in [0.29, 0.717) is 28.8 Å². The van der Waals surface area contributed by atoms with E-state index in [1.807, 2.05) is 20.8 Å². The number of benzene rings is 1. The number of aryl methyl sites for hydroxylation is 3. The van der Waals surface area contributed by atoms with Crippen molar-refractivity contribution >= 4 is 15.7 Å². The largest absolute Gasteiger partial charge is 0.439 e.